The standard InChI is InChI=1S/C42H47ClN8O5S/c1-25-26(2)57-40-36(25)37(28-13-15-30(43)16-14-28)46-32(38-49-48-27(3)51(38)40)23-35(54)44-20-8-6-4-5-7-12-33(52)45-31-11-9-10-29(22-31)39(55)50-21-19-42(24-50)18-17-34(53)47-41(42)56/h9-11,13-16,22,32H,4-8,12,17-21,23-24H2,1-3H3,(H,44,54)(H,45,52)(H,47,53,56)/t32-,42?/m0/s1. The summed E-state index contributed by atoms with van der Waals surface area (Å²) < 4.78 is 2.04. The lowest BCUT2D eigenvalue weighted by molar-refractivity contribution is -0.141. The number of aryl methyl sites for hydroxylation is 2. The van der Waals surface area contributed by atoms with E-state index in [1.165, 1.54) is 4.88 Å². The van der Waals surface area contributed by atoms with E-state index < -0.39 is 11.5 Å². The van der Waals surface area contributed by atoms with E-state index in [1.54, 1.807) is 40.5 Å². The van der Waals surface area contributed by atoms with Crippen LogP contribution in [0.5, 0.6) is 0 Å². The van der Waals surface area contributed by atoms with Gasteiger partial charge in [-0.25, -0.2) is 0 Å². The van der Waals surface area contributed by atoms with Gasteiger partial charge in [0.1, 0.15) is 16.9 Å². The number of carbonyl (C=O) groups is 5. The van der Waals surface area contributed by atoms with Crippen LogP contribution < -0.4 is 16.0 Å². The molecular formula is C42H47ClN8O5S. The number of thiophene rings is 1. The van der Waals surface area contributed by atoms with Crippen molar-refractivity contribution >= 4 is 63.9 Å². The summed E-state index contributed by atoms with van der Waals surface area (Å²) in [4.78, 5) is 71.5. The van der Waals surface area contributed by atoms with Gasteiger partial charge in [-0.2, -0.15) is 0 Å². The van der Waals surface area contributed by atoms with Crippen LogP contribution in [0, 0.1) is 26.2 Å². The molecular weight excluding hydrogens is 764 g/mol. The summed E-state index contributed by atoms with van der Waals surface area (Å²) in [6.07, 6.45) is 5.98. The largest absolute Gasteiger partial charge is 0.356 e. The van der Waals surface area contributed by atoms with Crippen LogP contribution in [0.15, 0.2) is 53.5 Å². The van der Waals surface area contributed by atoms with Crippen LogP contribution in [0.25, 0.3) is 5.00 Å². The van der Waals surface area contributed by atoms with Gasteiger partial charge in [0.15, 0.2) is 5.82 Å². The van der Waals surface area contributed by atoms with Crippen LogP contribution in [0.3, 0.4) is 0 Å². The molecule has 4 aromatic rings. The van der Waals surface area contributed by atoms with Crippen molar-refractivity contribution in [3.8, 4) is 5.00 Å². The van der Waals surface area contributed by atoms with Crippen molar-refractivity contribution in [2.45, 2.75) is 91.0 Å². The number of nitrogens with one attached hydrogen (secondary N) is 3. The highest BCUT2D eigenvalue weighted by atomic mass is 35.5. The van der Waals surface area contributed by atoms with Gasteiger partial charge in [-0.15, -0.1) is 21.5 Å². The third-order valence-electron chi connectivity index (χ3n) is 11.2. The number of amides is 5. The number of fused-ring (bicyclic) bond motifs is 3. The van der Waals surface area contributed by atoms with E-state index in [1.807, 2.05) is 35.8 Å². The summed E-state index contributed by atoms with van der Waals surface area (Å²) in [7, 11) is 0. The molecule has 2 atom stereocenters. The summed E-state index contributed by atoms with van der Waals surface area (Å²) in [6.45, 7) is 7.37. The molecule has 2 aromatic carbocycles. The van der Waals surface area contributed by atoms with E-state index in [9.17, 15) is 24.0 Å². The fraction of sp³-hybridized carbons (Fsp3) is 0.429. The Hall–Kier alpha value is -5.21. The normalized spacial score (nSPS) is 18.8. The predicted octanol–water partition coefficient (Wildman–Crippen LogP) is 6.55. The van der Waals surface area contributed by atoms with Crippen LogP contribution in [-0.2, 0) is 19.2 Å². The Kier molecular flexibility index (Phi) is 12.0. The average Bonchev–Trinajstić information content (AvgIpc) is 3.85. The summed E-state index contributed by atoms with van der Waals surface area (Å²) >= 11 is 7.90. The highest BCUT2D eigenvalue weighted by Gasteiger charge is 2.48. The molecule has 0 bridgehead atoms. The molecule has 2 aromatic heterocycles. The van der Waals surface area contributed by atoms with Gasteiger partial charge in [0, 0.05) is 64.8 Å². The molecule has 7 rings (SSSR count). The molecule has 15 heteroatoms. The lowest BCUT2D eigenvalue weighted by atomic mass is 9.79. The molecule has 3 aliphatic heterocycles. The zero-order valence-electron chi connectivity index (χ0n) is 32.5. The topological polar surface area (TPSA) is 168 Å². The molecule has 57 heavy (non-hydrogen) atoms. The number of likely N-dealkylation sites (tertiary alicyclic amines) is 1. The smallest absolute Gasteiger partial charge is 0.253 e. The van der Waals surface area contributed by atoms with Gasteiger partial charge in [0.05, 0.1) is 17.5 Å². The second kappa shape index (κ2) is 17.1. The zero-order chi connectivity index (χ0) is 40.3. The number of unbranched alkanes of at least 4 members (excludes halogenated alkanes) is 4. The maximum absolute atomic E-state index is 13.3. The number of hydrogen-bond donors (Lipinski definition) is 3. The van der Waals surface area contributed by atoms with Crippen molar-refractivity contribution in [1.82, 2.24) is 30.3 Å². The van der Waals surface area contributed by atoms with E-state index in [4.69, 9.17) is 16.6 Å². The quantitative estimate of drug-likeness (QED) is 0.102. The van der Waals surface area contributed by atoms with Gasteiger partial charge >= 0.3 is 0 Å². The number of carbonyl (C=O) groups excluding carboxylic acids is 5. The van der Waals surface area contributed by atoms with E-state index in [0.29, 0.717) is 54.4 Å². The molecule has 5 amide bonds. The van der Waals surface area contributed by atoms with E-state index in [2.05, 4.69) is 40.0 Å². The molecule has 0 aliphatic carbocycles. The average molecular weight is 811 g/mol. The lowest BCUT2D eigenvalue weighted by Crippen LogP contribution is -2.50. The number of piperidine rings is 1. The first-order valence-corrected chi connectivity index (χ1v) is 20.8. The zero-order valence-corrected chi connectivity index (χ0v) is 34.0. The number of hydrogen-bond acceptors (Lipinski definition) is 9. The number of aromatic nitrogens is 3. The highest BCUT2D eigenvalue weighted by molar-refractivity contribution is 7.15. The van der Waals surface area contributed by atoms with Crippen LogP contribution in [0.1, 0.15) is 114 Å². The Morgan fingerprint density at radius 1 is 0.965 bits per heavy atom. The number of rotatable bonds is 13. The van der Waals surface area contributed by atoms with Crippen molar-refractivity contribution in [3.05, 3.63) is 92.3 Å². The summed E-state index contributed by atoms with van der Waals surface area (Å²) in [5.41, 5.74) is 4.17. The molecule has 1 unspecified atom stereocenters. The van der Waals surface area contributed by atoms with Crippen molar-refractivity contribution in [2.75, 3.05) is 25.0 Å². The molecule has 13 nitrogen and oxygen atoms in total. The minimum Gasteiger partial charge on any atom is -0.356 e. The van der Waals surface area contributed by atoms with Gasteiger partial charge in [0.2, 0.25) is 23.6 Å². The summed E-state index contributed by atoms with van der Waals surface area (Å²) in [5.74, 6) is 0.391. The van der Waals surface area contributed by atoms with Crippen LogP contribution in [0.2, 0.25) is 5.02 Å². The van der Waals surface area contributed by atoms with Crippen molar-refractivity contribution in [1.29, 1.82) is 0 Å². The molecule has 3 aliphatic rings. The first-order chi connectivity index (χ1) is 27.4. The Bertz CT molecular complexity index is 2250. The third kappa shape index (κ3) is 8.71. The number of halogens is 1. The van der Waals surface area contributed by atoms with Gasteiger partial charge in [0.25, 0.3) is 5.91 Å². The first-order valence-electron chi connectivity index (χ1n) is 19.6. The minimum absolute atomic E-state index is 0.106. The second-order valence-corrected chi connectivity index (χ2v) is 16.9. The Balaban J connectivity index is 0.843. The fourth-order valence-electron chi connectivity index (χ4n) is 7.91. The predicted molar refractivity (Wildman–Crippen MR) is 219 cm³/mol. The van der Waals surface area contributed by atoms with Gasteiger partial charge in [-0.3, -0.25) is 38.8 Å². The summed E-state index contributed by atoms with van der Waals surface area (Å²) in [5, 5.41) is 18.9. The van der Waals surface area contributed by atoms with E-state index in [0.717, 1.165) is 65.3 Å². The highest BCUT2D eigenvalue weighted by Crippen LogP contribution is 2.40. The molecule has 2 saturated heterocycles. The van der Waals surface area contributed by atoms with Gasteiger partial charge in [-0.05, 0) is 82.3 Å². The van der Waals surface area contributed by atoms with Crippen LogP contribution in [0.4, 0.5) is 5.69 Å². The molecule has 2 fully saturated rings. The Morgan fingerprint density at radius 2 is 1.74 bits per heavy atom. The molecule has 0 radical (unpaired) electrons. The third-order valence-corrected chi connectivity index (χ3v) is 12.7. The van der Waals surface area contributed by atoms with Crippen molar-refractivity contribution < 1.29 is 24.0 Å². The lowest BCUT2D eigenvalue weighted by Gasteiger charge is -2.31. The number of anilines is 1. The molecule has 5 heterocycles. The molecule has 0 saturated carbocycles. The Labute approximate surface area is 340 Å². The monoisotopic (exact) mass is 810 g/mol. The van der Waals surface area contributed by atoms with Gasteiger partial charge in [-0.1, -0.05) is 49.1 Å². The van der Waals surface area contributed by atoms with E-state index in [-0.39, 0.29) is 48.9 Å². The molecule has 1 spiro atoms. The first kappa shape index (κ1) is 40.0. The number of imide groups is 1. The van der Waals surface area contributed by atoms with Crippen LogP contribution >= 0.6 is 22.9 Å². The molecule has 3 N–H and O–H groups in total. The Morgan fingerprint density at radius 3 is 2.53 bits per heavy atom. The summed E-state index contributed by atoms with van der Waals surface area (Å²) in [6, 6.07) is 13.9. The second-order valence-electron chi connectivity index (χ2n) is 15.2. The number of aliphatic imine (C=N–C) groups is 1. The maximum atomic E-state index is 13.3. The molecule has 298 valence electrons. The van der Waals surface area contributed by atoms with Crippen molar-refractivity contribution in [3.63, 3.8) is 0 Å². The fourth-order valence-corrected chi connectivity index (χ4v) is 9.25. The maximum Gasteiger partial charge on any atom is 0.253 e. The van der Waals surface area contributed by atoms with Crippen molar-refractivity contribution in [2.24, 2.45) is 10.4 Å². The van der Waals surface area contributed by atoms with Gasteiger partial charge < -0.3 is 15.5 Å². The van der Waals surface area contributed by atoms with E-state index >= 15 is 0 Å². The number of benzene rings is 2. The number of nitrogens with zero attached hydrogens (tertiary/aromatic N) is 5. The minimum atomic E-state index is -0.713. The van der Waals surface area contributed by atoms with Crippen LogP contribution in [-0.4, -0.2) is 74.5 Å². The SMILES string of the molecule is Cc1sc2c(c1C)C(c1ccc(Cl)cc1)=N[C@@H](CC(=O)NCCCCCCCC(=O)Nc1cccc(C(=O)N3CCC4(CCC(=O)NC4=O)C3)c1)c1nnc(C)n1-2.